The normalized spacial score (nSPS) is 10.8. The van der Waals surface area contributed by atoms with Crippen molar-refractivity contribution in [3.63, 3.8) is 0 Å². The lowest BCUT2D eigenvalue weighted by Gasteiger charge is -2.11. The molecule has 0 atom stereocenters. The Kier molecular flexibility index (Phi) is 5.94. The summed E-state index contributed by atoms with van der Waals surface area (Å²) in [6.45, 7) is 0.136. The van der Waals surface area contributed by atoms with Crippen LogP contribution in [0.2, 0.25) is 0 Å². The van der Waals surface area contributed by atoms with Gasteiger partial charge in [-0.15, -0.1) is 0 Å². The zero-order chi connectivity index (χ0) is 20.8. The standard InChI is InChI=1S/C21H18N2O6/c1-23(21(27)28-13-14-5-3-2-4-6-14)22-12-16-8-10-19(29-16)15-7-9-18(24)17(11-15)20(25)26/h2-12,24H,13H2,1H3,(H,25,26)/b22-12+. The van der Waals surface area contributed by atoms with E-state index in [-0.39, 0.29) is 17.9 Å². The minimum atomic E-state index is -1.24. The summed E-state index contributed by atoms with van der Waals surface area (Å²) in [6, 6.07) is 16.7. The van der Waals surface area contributed by atoms with E-state index < -0.39 is 12.1 Å². The van der Waals surface area contributed by atoms with E-state index >= 15 is 0 Å². The van der Waals surface area contributed by atoms with Gasteiger partial charge in [-0.05, 0) is 35.9 Å². The number of carboxylic acids is 1. The average molecular weight is 394 g/mol. The number of aromatic hydroxyl groups is 1. The third kappa shape index (κ3) is 5.01. The van der Waals surface area contributed by atoms with E-state index in [2.05, 4.69) is 5.10 Å². The molecule has 8 heteroatoms. The number of benzene rings is 2. The van der Waals surface area contributed by atoms with Crippen molar-refractivity contribution < 1.29 is 29.0 Å². The van der Waals surface area contributed by atoms with Crippen molar-refractivity contribution >= 4 is 18.3 Å². The van der Waals surface area contributed by atoms with E-state index in [9.17, 15) is 14.7 Å². The molecule has 0 aliphatic heterocycles. The molecule has 0 fully saturated rings. The Balaban J connectivity index is 1.63. The number of amides is 1. The number of furan rings is 1. The predicted octanol–water partition coefficient (Wildman–Crippen LogP) is 3.95. The van der Waals surface area contributed by atoms with Crippen LogP contribution in [-0.4, -0.2) is 40.5 Å². The largest absolute Gasteiger partial charge is 0.507 e. The van der Waals surface area contributed by atoms with Crippen molar-refractivity contribution in [2.45, 2.75) is 6.61 Å². The molecule has 29 heavy (non-hydrogen) atoms. The number of carboxylic acid groups (broad SMARTS) is 1. The van der Waals surface area contributed by atoms with E-state index in [0.29, 0.717) is 17.1 Å². The van der Waals surface area contributed by atoms with Crippen LogP contribution in [0.5, 0.6) is 5.75 Å². The fraction of sp³-hybridized carbons (Fsp3) is 0.0952. The summed E-state index contributed by atoms with van der Waals surface area (Å²) in [5, 5.41) is 23.7. The maximum absolute atomic E-state index is 12.0. The lowest BCUT2D eigenvalue weighted by atomic mass is 10.1. The maximum atomic E-state index is 12.0. The number of aromatic carboxylic acids is 1. The van der Waals surface area contributed by atoms with Gasteiger partial charge < -0.3 is 19.4 Å². The van der Waals surface area contributed by atoms with Gasteiger partial charge in [0.25, 0.3) is 0 Å². The lowest BCUT2D eigenvalue weighted by Crippen LogP contribution is -2.22. The van der Waals surface area contributed by atoms with E-state index in [1.807, 2.05) is 30.3 Å². The van der Waals surface area contributed by atoms with Crippen LogP contribution in [-0.2, 0) is 11.3 Å². The van der Waals surface area contributed by atoms with Gasteiger partial charge in [-0.3, -0.25) is 0 Å². The first-order valence-corrected chi connectivity index (χ1v) is 8.59. The molecule has 2 aromatic carbocycles. The molecule has 0 saturated heterocycles. The summed E-state index contributed by atoms with van der Waals surface area (Å²) in [4.78, 5) is 23.1. The Morgan fingerprint density at radius 2 is 1.90 bits per heavy atom. The molecule has 1 amide bonds. The second kappa shape index (κ2) is 8.75. The molecule has 8 nitrogen and oxygen atoms in total. The van der Waals surface area contributed by atoms with Crippen LogP contribution in [0.1, 0.15) is 21.7 Å². The van der Waals surface area contributed by atoms with Crippen molar-refractivity contribution in [3.8, 4) is 17.1 Å². The number of phenols is 1. The molecule has 1 heterocycles. The van der Waals surface area contributed by atoms with Gasteiger partial charge in [-0.2, -0.15) is 5.10 Å². The summed E-state index contributed by atoms with van der Waals surface area (Å²) >= 11 is 0. The Bertz CT molecular complexity index is 1040. The molecule has 1 aromatic heterocycles. The molecule has 2 N–H and O–H groups in total. The van der Waals surface area contributed by atoms with Crippen LogP contribution in [0.25, 0.3) is 11.3 Å². The van der Waals surface area contributed by atoms with Crippen LogP contribution in [0.3, 0.4) is 0 Å². The molecular formula is C21H18N2O6. The number of carbonyl (C=O) groups excluding carboxylic acids is 1. The first kappa shape index (κ1) is 19.7. The zero-order valence-corrected chi connectivity index (χ0v) is 15.5. The highest BCUT2D eigenvalue weighted by Crippen LogP contribution is 2.27. The van der Waals surface area contributed by atoms with Gasteiger partial charge in [0.15, 0.2) is 0 Å². The van der Waals surface area contributed by atoms with Crippen LogP contribution in [0, 0.1) is 0 Å². The highest BCUT2D eigenvalue weighted by molar-refractivity contribution is 5.92. The first-order chi connectivity index (χ1) is 13.9. The first-order valence-electron chi connectivity index (χ1n) is 8.59. The number of rotatable bonds is 6. The van der Waals surface area contributed by atoms with Gasteiger partial charge in [-0.1, -0.05) is 30.3 Å². The molecule has 3 rings (SSSR count). The van der Waals surface area contributed by atoms with E-state index in [1.54, 1.807) is 12.1 Å². The summed E-state index contributed by atoms with van der Waals surface area (Å²) in [5.41, 5.74) is 1.12. The Labute approximate surface area is 166 Å². The van der Waals surface area contributed by atoms with Gasteiger partial charge >= 0.3 is 12.1 Å². The summed E-state index contributed by atoms with van der Waals surface area (Å²) in [7, 11) is 1.45. The monoisotopic (exact) mass is 394 g/mol. The minimum Gasteiger partial charge on any atom is -0.507 e. The molecule has 0 aliphatic rings. The fourth-order valence-corrected chi connectivity index (χ4v) is 2.44. The third-order valence-corrected chi connectivity index (χ3v) is 3.97. The average Bonchev–Trinajstić information content (AvgIpc) is 3.20. The molecule has 0 radical (unpaired) electrons. The number of ether oxygens (including phenoxy) is 1. The van der Waals surface area contributed by atoms with Gasteiger partial charge in [0.1, 0.15) is 29.4 Å². The van der Waals surface area contributed by atoms with Crippen LogP contribution < -0.4 is 0 Å². The van der Waals surface area contributed by atoms with Crippen molar-refractivity contribution in [1.29, 1.82) is 0 Å². The number of hydrogen-bond acceptors (Lipinski definition) is 6. The highest BCUT2D eigenvalue weighted by Gasteiger charge is 2.13. The number of hydrogen-bond donors (Lipinski definition) is 2. The molecule has 0 bridgehead atoms. The Morgan fingerprint density at radius 3 is 2.62 bits per heavy atom. The maximum Gasteiger partial charge on any atom is 0.430 e. The second-order valence-corrected chi connectivity index (χ2v) is 6.05. The molecule has 148 valence electrons. The third-order valence-electron chi connectivity index (χ3n) is 3.97. The van der Waals surface area contributed by atoms with Crippen molar-refractivity contribution in [3.05, 3.63) is 77.6 Å². The highest BCUT2D eigenvalue weighted by atomic mass is 16.6. The quantitative estimate of drug-likeness (QED) is 0.483. The molecule has 3 aromatic rings. The molecule has 0 aliphatic carbocycles. The van der Waals surface area contributed by atoms with Crippen molar-refractivity contribution in [2.24, 2.45) is 5.10 Å². The molecule has 0 spiro atoms. The summed E-state index contributed by atoms with van der Waals surface area (Å²) in [6.07, 6.45) is 0.715. The number of hydrazone groups is 1. The van der Waals surface area contributed by atoms with Gasteiger partial charge in [0, 0.05) is 12.6 Å². The van der Waals surface area contributed by atoms with E-state index in [1.165, 1.54) is 31.5 Å². The van der Waals surface area contributed by atoms with Gasteiger partial charge in [-0.25, -0.2) is 14.6 Å². The van der Waals surface area contributed by atoms with Crippen LogP contribution in [0.4, 0.5) is 4.79 Å². The second-order valence-electron chi connectivity index (χ2n) is 6.05. The predicted molar refractivity (Wildman–Crippen MR) is 105 cm³/mol. The molecular weight excluding hydrogens is 376 g/mol. The Morgan fingerprint density at radius 1 is 1.14 bits per heavy atom. The summed E-state index contributed by atoms with van der Waals surface area (Å²) in [5.74, 6) is -0.825. The molecule has 0 saturated carbocycles. The minimum absolute atomic E-state index is 0.136. The van der Waals surface area contributed by atoms with Crippen LogP contribution >= 0.6 is 0 Å². The van der Waals surface area contributed by atoms with Crippen LogP contribution in [0.15, 0.2) is 70.2 Å². The smallest absolute Gasteiger partial charge is 0.430 e. The zero-order valence-electron chi connectivity index (χ0n) is 15.5. The van der Waals surface area contributed by atoms with Gasteiger partial charge in [0.05, 0.1) is 6.21 Å². The Hall–Kier alpha value is -4.07. The molecule has 0 unspecified atom stereocenters. The fourth-order valence-electron chi connectivity index (χ4n) is 2.44. The topological polar surface area (TPSA) is 113 Å². The summed E-state index contributed by atoms with van der Waals surface area (Å²) < 4.78 is 10.8. The SMILES string of the molecule is CN(/N=C/c1ccc(-c2ccc(O)c(C(=O)O)c2)o1)C(=O)OCc1ccccc1. The van der Waals surface area contributed by atoms with Crippen molar-refractivity contribution in [2.75, 3.05) is 7.05 Å². The lowest BCUT2D eigenvalue weighted by molar-refractivity contribution is 0.0693. The number of nitrogens with zero attached hydrogens (tertiary/aromatic N) is 2. The van der Waals surface area contributed by atoms with Crippen molar-refractivity contribution in [1.82, 2.24) is 5.01 Å². The van der Waals surface area contributed by atoms with E-state index in [4.69, 9.17) is 14.3 Å². The van der Waals surface area contributed by atoms with Gasteiger partial charge in [0.2, 0.25) is 0 Å². The number of carbonyl (C=O) groups is 2. The van der Waals surface area contributed by atoms with E-state index in [0.717, 1.165) is 10.6 Å².